The van der Waals surface area contributed by atoms with Crippen LogP contribution in [0, 0.1) is 0 Å². The molecule has 4 nitrogen and oxygen atoms in total. The van der Waals surface area contributed by atoms with Gasteiger partial charge < -0.3 is 15.3 Å². The predicted molar refractivity (Wildman–Crippen MR) is 64.8 cm³/mol. The number of anilines is 1. The van der Waals surface area contributed by atoms with Gasteiger partial charge in [0.25, 0.3) is 0 Å². The Labute approximate surface area is 100 Å². The van der Waals surface area contributed by atoms with Crippen molar-refractivity contribution < 1.29 is 9.90 Å². The monoisotopic (exact) mass is 232 g/mol. The van der Waals surface area contributed by atoms with Crippen molar-refractivity contribution in [1.29, 1.82) is 0 Å². The molecule has 17 heavy (non-hydrogen) atoms. The summed E-state index contributed by atoms with van der Waals surface area (Å²) >= 11 is 0. The van der Waals surface area contributed by atoms with E-state index >= 15 is 0 Å². The van der Waals surface area contributed by atoms with E-state index in [1.54, 1.807) is 4.90 Å². The zero-order valence-electron chi connectivity index (χ0n) is 9.60. The van der Waals surface area contributed by atoms with Crippen molar-refractivity contribution >= 4 is 11.6 Å². The smallest absolute Gasteiger partial charge is 0.245 e. The molecule has 0 saturated carbocycles. The Kier molecular flexibility index (Phi) is 2.52. The van der Waals surface area contributed by atoms with Crippen LogP contribution in [-0.2, 0) is 11.2 Å². The maximum Gasteiger partial charge on any atom is 0.245 e. The molecule has 0 radical (unpaired) electrons. The minimum atomic E-state index is -0.345. The first-order chi connectivity index (χ1) is 8.24. The number of nitrogens with one attached hydrogen (secondary N) is 1. The van der Waals surface area contributed by atoms with Crippen molar-refractivity contribution in [2.75, 3.05) is 18.4 Å². The molecule has 4 heteroatoms. The van der Waals surface area contributed by atoms with E-state index in [0.29, 0.717) is 19.5 Å². The number of hydrogen-bond acceptors (Lipinski definition) is 3. The molecule has 2 atom stereocenters. The normalized spacial score (nSPS) is 26.8. The van der Waals surface area contributed by atoms with Gasteiger partial charge in [0.1, 0.15) is 6.04 Å². The quantitative estimate of drug-likeness (QED) is 0.746. The third kappa shape index (κ3) is 1.89. The number of fused-ring (bicyclic) bond motifs is 1. The largest absolute Gasteiger partial charge is 0.391 e. The molecular weight excluding hydrogens is 216 g/mol. The number of amides is 1. The molecule has 1 aromatic carbocycles. The zero-order chi connectivity index (χ0) is 11.8. The highest BCUT2D eigenvalue weighted by Gasteiger charge is 2.33. The van der Waals surface area contributed by atoms with Crippen molar-refractivity contribution in [3.05, 3.63) is 29.8 Å². The van der Waals surface area contributed by atoms with E-state index in [2.05, 4.69) is 11.4 Å². The second-order valence-corrected chi connectivity index (χ2v) is 4.78. The van der Waals surface area contributed by atoms with Gasteiger partial charge in [-0.1, -0.05) is 18.2 Å². The summed E-state index contributed by atoms with van der Waals surface area (Å²) in [6.45, 7) is 1.15. The number of para-hydroxylation sites is 1. The first-order valence-electron chi connectivity index (χ1n) is 6.05. The Bertz CT molecular complexity index is 422. The van der Waals surface area contributed by atoms with Crippen LogP contribution in [0.4, 0.5) is 5.69 Å². The number of rotatable bonds is 1. The summed E-state index contributed by atoms with van der Waals surface area (Å²) in [6, 6.07) is 7.86. The van der Waals surface area contributed by atoms with Gasteiger partial charge >= 0.3 is 0 Å². The number of hydrogen-bond donors (Lipinski definition) is 2. The second-order valence-electron chi connectivity index (χ2n) is 4.78. The fourth-order valence-corrected chi connectivity index (χ4v) is 2.61. The van der Waals surface area contributed by atoms with Gasteiger partial charge in [0.2, 0.25) is 5.91 Å². The van der Waals surface area contributed by atoms with E-state index in [0.717, 1.165) is 12.1 Å². The second kappa shape index (κ2) is 4.04. The van der Waals surface area contributed by atoms with Gasteiger partial charge in [-0.2, -0.15) is 0 Å². The van der Waals surface area contributed by atoms with Crippen LogP contribution in [-0.4, -0.2) is 41.1 Å². The van der Waals surface area contributed by atoms with Gasteiger partial charge in [-0.3, -0.25) is 4.79 Å². The van der Waals surface area contributed by atoms with Crippen LogP contribution in [0.5, 0.6) is 0 Å². The van der Waals surface area contributed by atoms with Crippen molar-refractivity contribution in [1.82, 2.24) is 4.90 Å². The number of benzene rings is 1. The fraction of sp³-hybridized carbons (Fsp3) is 0.462. The molecule has 2 N–H and O–H groups in total. The Hall–Kier alpha value is -1.55. The van der Waals surface area contributed by atoms with Crippen LogP contribution in [0.3, 0.4) is 0 Å². The summed E-state index contributed by atoms with van der Waals surface area (Å²) in [5, 5.41) is 12.7. The summed E-state index contributed by atoms with van der Waals surface area (Å²) in [6.07, 6.45) is 1.11. The molecule has 0 aromatic heterocycles. The van der Waals surface area contributed by atoms with E-state index in [1.807, 2.05) is 18.2 Å². The van der Waals surface area contributed by atoms with Gasteiger partial charge in [-0.05, 0) is 18.1 Å². The molecule has 0 unspecified atom stereocenters. The molecular formula is C13H16N2O2. The summed E-state index contributed by atoms with van der Waals surface area (Å²) in [5.41, 5.74) is 2.26. The number of nitrogens with zero attached hydrogens (tertiary/aromatic N) is 1. The number of likely N-dealkylation sites (tertiary alicyclic amines) is 1. The van der Waals surface area contributed by atoms with E-state index in [4.69, 9.17) is 0 Å². The highest BCUT2D eigenvalue weighted by atomic mass is 16.3. The molecule has 3 rings (SSSR count). The van der Waals surface area contributed by atoms with Gasteiger partial charge in [-0.15, -0.1) is 0 Å². The molecule has 90 valence electrons. The number of carbonyl (C=O) groups excluding carboxylic acids is 1. The lowest BCUT2D eigenvalue weighted by atomic mass is 10.1. The van der Waals surface area contributed by atoms with E-state index in [-0.39, 0.29) is 18.1 Å². The summed E-state index contributed by atoms with van der Waals surface area (Å²) in [5.74, 6) is 0.109. The molecule has 1 saturated heterocycles. The summed E-state index contributed by atoms with van der Waals surface area (Å²) in [4.78, 5) is 14.0. The Balaban J connectivity index is 1.70. The lowest BCUT2D eigenvalue weighted by molar-refractivity contribution is -0.131. The van der Waals surface area contributed by atoms with E-state index in [9.17, 15) is 9.90 Å². The SMILES string of the molecule is O=C([C@@H]1Cc2ccccc2N1)N1CC[C@@H](O)C1. The van der Waals surface area contributed by atoms with Crippen molar-refractivity contribution in [2.45, 2.75) is 25.0 Å². The minimum absolute atomic E-state index is 0.109. The van der Waals surface area contributed by atoms with Crippen LogP contribution in [0.1, 0.15) is 12.0 Å². The van der Waals surface area contributed by atoms with Gasteiger partial charge in [0.05, 0.1) is 6.10 Å². The highest BCUT2D eigenvalue weighted by molar-refractivity contribution is 5.87. The van der Waals surface area contributed by atoms with Crippen LogP contribution in [0.25, 0.3) is 0 Å². The topological polar surface area (TPSA) is 52.6 Å². The van der Waals surface area contributed by atoms with Gasteiger partial charge in [0, 0.05) is 25.2 Å². The molecule has 0 aliphatic carbocycles. The molecule has 1 fully saturated rings. The van der Waals surface area contributed by atoms with E-state index in [1.165, 1.54) is 5.56 Å². The molecule has 0 bridgehead atoms. The standard InChI is InChI=1S/C13H16N2O2/c16-10-5-6-15(8-10)13(17)12-7-9-3-1-2-4-11(9)14-12/h1-4,10,12,14,16H,5-8H2/t10-,12+/m1/s1. The van der Waals surface area contributed by atoms with Crippen LogP contribution < -0.4 is 5.32 Å². The van der Waals surface area contributed by atoms with E-state index < -0.39 is 0 Å². The Morgan fingerprint density at radius 3 is 2.94 bits per heavy atom. The summed E-state index contributed by atoms with van der Waals surface area (Å²) in [7, 11) is 0. The maximum absolute atomic E-state index is 12.2. The average Bonchev–Trinajstić information content (AvgIpc) is 2.93. The molecule has 2 aliphatic rings. The van der Waals surface area contributed by atoms with Gasteiger partial charge in [-0.25, -0.2) is 0 Å². The van der Waals surface area contributed by atoms with Crippen molar-refractivity contribution in [2.24, 2.45) is 0 Å². The first kappa shape index (κ1) is 10.6. The van der Waals surface area contributed by atoms with Crippen LogP contribution in [0.2, 0.25) is 0 Å². The third-order valence-corrected chi connectivity index (χ3v) is 3.54. The molecule has 1 aromatic rings. The fourth-order valence-electron chi connectivity index (χ4n) is 2.61. The third-order valence-electron chi connectivity index (χ3n) is 3.54. The van der Waals surface area contributed by atoms with Crippen molar-refractivity contribution in [3.63, 3.8) is 0 Å². The predicted octanol–water partition coefficient (Wildman–Crippen LogP) is 0.616. The first-order valence-corrected chi connectivity index (χ1v) is 6.05. The highest BCUT2D eigenvalue weighted by Crippen LogP contribution is 2.26. The number of carbonyl (C=O) groups is 1. The van der Waals surface area contributed by atoms with Crippen LogP contribution >= 0.6 is 0 Å². The Morgan fingerprint density at radius 1 is 1.41 bits per heavy atom. The van der Waals surface area contributed by atoms with Crippen molar-refractivity contribution in [3.8, 4) is 0 Å². The van der Waals surface area contributed by atoms with Crippen LogP contribution in [0.15, 0.2) is 24.3 Å². The number of aliphatic hydroxyl groups is 1. The lowest BCUT2D eigenvalue weighted by Crippen LogP contribution is -2.41. The van der Waals surface area contributed by atoms with Gasteiger partial charge in [0.15, 0.2) is 0 Å². The minimum Gasteiger partial charge on any atom is -0.391 e. The average molecular weight is 232 g/mol. The molecule has 1 amide bonds. The molecule has 0 spiro atoms. The molecule has 2 aliphatic heterocycles. The zero-order valence-corrected chi connectivity index (χ0v) is 9.60. The number of β-amino-alcohol motifs (C(OH)–C–C–N with tert-alkyl or cyclic N) is 1. The number of aliphatic hydroxyl groups excluding tert-OH is 1. The summed E-state index contributed by atoms with van der Waals surface area (Å²) < 4.78 is 0. The maximum atomic E-state index is 12.2. The lowest BCUT2D eigenvalue weighted by Gasteiger charge is -2.20. The Morgan fingerprint density at radius 2 is 2.24 bits per heavy atom. The molecule has 2 heterocycles.